The Bertz CT molecular complexity index is 166. The summed E-state index contributed by atoms with van der Waals surface area (Å²) in [5.74, 6) is -0.162. The Morgan fingerprint density at radius 1 is 1.50 bits per heavy atom. The Morgan fingerprint density at radius 2 is 2.00 bits per heavy atom. The van der Waals surface area contributed by atoms with Gasteiger partial charge in [-0.3, -0.25) is 4.79 Å². The van der Waals surface area contributed by atoms with Crippen LogP contribution in [-0.4, -0.2) is 18.0 Å². The predicted octanol–water partition coefficient (Wildman–Crippen LogP) is 0.660. The predicted molar refractivity (Wildman–Crippen MR) is 50.6 cm³/mol. The van der Waals surface area contributed by atoms with E-state index >= 15 is 0 Å². The second-order valence-corrected chi connectivity index (χ2v) is 3.18. The molecule has 0 bridgehead atoms. The first kappa shape index (κ1) is 11.2. The molecule has 0 saturated heterocycles. The largest absolute Gasteiger partial charge is 0.350 e. The van der Waals surface area contributed by atoms with E-state index in [0.29, 0.717) is 0 Å². The van der Waals surface area contributed by atoms with Crippen molar-refractivity contribution in [3.8, 4) is 0 Å². The van der Waals surface area contributed by atoms with Crippen LogP contribution in [0.5, 0.6) is 0 Å². The molecule has 0 rings (SSSR count). The normalized spacial score (nSPS) is 17.7. The van der Waals surface area contributed by atoms with Gasteiger partial charge in [0.15, 0.2) is 0 Å². The van der Waals surface area contributed by atoms with Crippen molar-refractivity contribution >= 4 is 5.91 Å². The lowest BCUT2D eigenvalue weighted by Crippen LogP contribution is -2.41. The maximum Gasteiger partial charge on any atom is 0.224 e. The molecule has 0 spiro atoms. The van der Waals surface area contributed by atoms with E-state index in [1.807, 2.05) is 20.8 Å². The lowest BCUT2D eigenvalue weighted by Gasteiger charge is -2.17. The van der Waals surface area contributed by atoms with Gasteiger partial charge in [0, 0.05) is 18.0 Å². The Kier molecular flexibility index (Phi) is 4.59. The lowest BCUT2D eigenvalue weighted by molar-refractivity contribution is -0.125. The van der Waals surface area contributed by atoms with Crippen LogP contribution >= 0.6 is 0 Å². The zero-order valence-corrected chi connectivity index (χ0v) is 8.00. The molecule has 0 saturated carbocycles. The molecule has 3 N–H and O–H groups in total. The van der Waals surface area contributed by atoms with Gasteiger partial charge in [-0.05, 0) is 13.8 Å². The average molecular weight is 170 g/mol. The number of nitrogens with one attached hydrogen (secondary N) is 1. The maximum absolute atomic E-state index is 11.3. The standard InChI is InChI=1S/C9H18N2O/c1-5-6(2)11-9(12)7(3)8(4)10/h5-8H,1,10H2,2-4H3,(H,11,12). The molecule has 3 atom stereocenters. The van der Waals surface area contributed by atoms with Crippen molar-refractivity contribution in [3.05, 3.63) is 12.7 Å². The summed E-state index contributed by atoms with van der Waals surface area (Å²) in [6, 6.07) is -0.0966. The fraction of sp³-hybridized carbons (Fsp3) is 0.667. The molecule has 0 aliphatic heterocycles. The summed E-state index contributed by atoms with van der Waals surface area (Å²) in [4.78, 5) is 11.3. The Morgan fingerprint density at radius 3 is 2.33 bits per heavy atom. The van der Waals surface area contributed by atoms with E-state index in [1.165, 1.54) is 0 Å². The summed E-state index contributed by atoms with van der Waals surface area (Å²) in [6.07, 6.45) is 1.69. The number of hydrogen-bond donors (Lipinski definition) is 2. The smallest absolute Gasteiger partial charge is 0.224 e. The third-order valence-electron chi connectivity index (χ3n) is 1.93. The van der Waals surface area contributed by atoms with Crippen molar-refractivity contribution in [3.63, 3.8) is 0 Å². The van der Waals surface area contributed by atoms with Crippen molar-refractivity contribution in [2.75, 3.05) is 0 Å². The van der Waals surface area contributed by atoms with Crippen LogP contribution in [0.1, 0.15) is 20.8 Å². The van der Waals surface area contributed by atoms with Gasteiger partial charge in [0.2, 0.25) is 5.91 Å². The van der Waals surface area contributed by atoms with Crippen molar-refractivity contribution in [1.29, 1.82) is 0 Å². The fourth-order valence-electron chi connectivity index (χ4n) is 0.654. The maximum atomic E-state index is 11.3. The monoisotopic (exact) mass is 170 g/mol. The molecule has 0 radical (unpaired) electrons. The van der Waals surface area contributed by atoms with Crippen LogP contribution in [0.2, 0.25) is 0 Å². The summed E-state index contributed by atoms with van der Waals surface area (Å²) in [5.41, 5.74) is 5.57. The molecule has 0 heterocycles. The highest BCUT2D eigenvalue weighted by Crippen LogP contribution is 2.00. The Labute approximate surface area is 74.0 Å². The molecular formula is C9H18N2O. The van der Waals surface area contributed by atoms with Crippen LogP contribution in [0.25, 0.3) is 0 Å². The third-order valence-corrected chi connectivity index (χ3v) is 1.93. The SMILES string of the molecule is C=CC(C)NC(=O)C(C)C(C)N. The summed E-state index contributed by atoms with van der Waals surface area (Å²) in [5, 5.41) is 2.77. The fourth-order valence-corrected chi connectivity index (χ4v) is 0.654. The number of rotatable bonds is 4. The molecule has 1 amide bonds. The quantitative estimate of drug-likeness (QED) is 0.609. The second-order valence-electron chi connectivity index (χ2n) is 3.18. The van der Waals surface area contributed by atoms with Crippen LogP contribution in [0.3, 0.4) is 0 Å². The van der Waals surface area contributed by atoms with Crippen LogP contribution in [-0.2, 0) is 4.79 Å². The van der Waals surface area contributed by atoms with Gasteiger partial charge >= 0.3 is 0 Å². The van der Waals surface area contributed by atoms with Crippen LogP contribution in [0.4, 0.5) is 0 Å². The second kappa shape index (κ2) is 4.93. The first-order valence-electron chi connectivity index (χ1n) is 4.17. The van der Waals surface area contributed by atoms with Crippen LogP contribution in [0, 0.1) is 5.92 Å². The highest BCUT2D eigenvalue weighted by molar-refractivity contribution is 5.79. The summed E-state index contributed by atoms with van der Waals surface area (Å²) in [7, 11) is 0. The zero-order valence-electron chi connectivity index (χ0n) is 8.00. The molecule has 0 aromatic heterocycles. The summed E-state index contributed by atoms with van der Waals surface area (Å²) >= 11 is 0. The van der Waals surface area contributed by atoms with E-state index in [1.54, 1.807) is 6.08 Å². The Hall–Kier alpha value is -0.830. The lowest BCUT2D eigenvalue weighted by atomic mass is 10.0. The highest BCUT2D eigenvalue weighted by Gasteiger charge is 2.17. The molecule has 70 valence electrons. The minimum absolute atomic E-state index is 0.0127. The van der Waals surface area contributed by atoms with E-state index in [0.717, 1.165) is 0 Å². The van der Waals surface area contributed by atoms with Crippen LogP contribution < -0.4 is 11.1 Å². The van der Waals surface area contributed by atoms with E-state index in [4.69, 9.17) is 5.73 Å². The van der Waals surface area contributed by atoms with Gasteiger partial charge in [-0.25, -0.2) is 0 Å². The van der Waals surface area contributed by atoms with Gasteiger partial charge in [-0.15, -0.1) is 6.58 Å². The van der Waals surface area contributed by atoms with Crippen molar-refractivity contribution in [2.45, 2.75) is 32.9 Å². The number of amides is 1. The van der Waals surface area contributed by atoms with Crippen molar-refractivity contribution < 1.29 is 4.79 Å². The van der Waals surface area contributed by atoms with E-state index < -0.39 is 0 Å². The molecule has 0 aliphatic carbocycles. The number of hydrogen-bond acceptors (Lipinski definition) is 2. The van der Waals surface area contributed by atoms with Gasteiger partial charge in [0.05, 0.1) is 0 Å². The first-order chi connectivity index (χ1) is 5.49. The van der Waals surface area contributed by atoms with Gasteiger partial charge < -0.3 is 11.1 Å². The van der Waals surface area contributed by atoms with Gasteiger partial charge in [0.25, 0.3) is 0 Å². The van der Waals surface area contributed by atoms with Gasteiger partial charge in [-0.2, -0.15) is 0 Å². The topological polar surface area (TPSA) is 55.1 Å². The molecule has 0 aliphatic rings. The minimum atomic E-state index is -0.146. The van der Waals surface area contributed by atoms with Gasteiger partial charge in [0.1, 0.15) is 0 Å². The molecule has 3 nitrogen and oxygen atoms in total. The molecule has 12 heavy (non-hydrogen) atoms. The zero-order chi connectivity index (χ0) is 9.72. The first-order valence-corrected chi connectivity index (χ1v) is 4.17. The van der Waals surface area contributed by atoms with E-state index in [2.05, 4.69) is 11.9 Å². The number of nitrogens with two attached hydrogens (primary N) is 1. The van der Waals surface area contributed by atoms with Gasteiger partial charge in [-0.1, -0.05) is 13.0 Å². The highest BCUT2D eigenvalue weighted by atomic mass is 16.1. The van der Waals surface area contributed by atoms with Crippen LogP contribution in [0.15, 0.2) is 12.7 Å². The summed E-state index contributed by atoms with van der Waals surface area (Å²) < 4.78 is 0. The molecule has 0 aromatic carbocycles. The molecule has 0 aromatic rings. The molecule has 3 unspecified atom stereocenters. The van der Waals surface area contributed by atoms with Crippen molar-refractivity contribution in [2.24, 2.45) is 11.7 Å². The number of carbonyl (C=O) groups excluding carboxylic acids is 1. The third kappa shape index (κ3) is 3.53. The average Bonchev–Trinajstić information content (AvgIpc) is 2.02. The molecular weight excluding hydrogens is 152 g/mol. The van der Waals surface area contributed by atoms with E-state index in [9.17, 15) is 4.79 Å². The minimum Gasteiger partial charge on any atom is -0.350 e. The molecule has 3 heteroatoms. The van der Waals surface area contributed by atoms with E-state index in [-0.39, 0.29) is 23.9 Å². The Balaban J connectivity index is 3.95. The summed E-state index contributed by atoms with van der Waals surface area (Å²) in [6.45, 7) is 9.08. The molecule has 0 fully saturated rings. The number of carbonyl (C=O) groups is 1. The van der Waals surface area contributed by atoms with Crippen molar-refractivity contribution in [1.82, 2.24) is 5.32 Å².